The average molecular weight is 335 g/mol. The monoisotopic (exact) mass is 335 g/mol. The van der Waals surface area contributed by atoms with E-state index in [0.29, 0.717) is 21.6 Å². The zero-order valence-corrected chi connectivity index (χ0v) is 11.5. The molecule has 2 nitrogen and oxygen atoms in total. The van der Waals surface area contributed by atoms with E-state index in [4.69, 9.17) is 0 Å². The van der Waals surface area contributed by atoms with Crippen LogP contribution in [-0.4, -0.2) is 12.5 Å². The quantitative estimate of drug-likeness (QED) is 0.842. The molecule has 88 valence electrons. The van der Waals surface area contributed by atoms with Crippen molar-refractivity contribution in [3.8, 4) is 0 Å². The maximum absolute atomic E-state index is 12.8. The fourth-order valence-corrected chi connectivity index (χ4v) is 1.90. The Bertz CT molecular complexity index is 381. The smallest absolute Gasteiger partial charge is 0.252 e. The number of amides is 1. The van der Waals surface area contributed by atoms with Gasteiger partial charge in [0.25, 0.3) is 5.91 Å². The van der Waals surface area contributed by atoms with Crippen LogP contribution in [0.5, 0.6) is 0 Å². The minimum Gasteiger partial charge on any atom is -0.352 e. The van der Waals surface area contributed by atoms with Crippen LogP contribution in [0.3, 0.4) is 0 Å². The maximum atomic E-state index is 12.8. The fourth-order valence-electron chi connectivity index (χ4n) is 1.18. The molecule has 0 bridgehead atoms. The highest BCUT2D eigenvalue weighted by Gasteiger charge is 2.10. The van der Waals surface area contributed by atoms with E-state index in [1.54, 1.807) is 0 Å². The summed E-state index contributed by atoms with van der Waals surface area (Å²) in [6, 6.07) is 4.18. The lowest BCUT2D eigenvalue weighted by Gasteiger charge is -2.10. The van der Waals surface area contributed by atoms with Gasteiger partial charge in [0, 0.05) is 10.1 Å². The molecule has 1 unspecified atom stereocenters. The molecule has 1 amide bonds. The van der Waals surface area contributed by atoms with Gasteiger partial charge in [0.2, 0.25) is 0 Å². The summed E-state index contributed by atoms with van der Waals surface area (Å²) in [5.41, 5.74) is 0.533. The molecule has 1 rings (SSSR count). The molecule has 0 saturated heterocycles. The van der Waals surface area contributed by atoms with E-state index < -0.39 is 0 Å². The molecule has 16 heavy (non-hydrogen) atoms. The molecular weight excluding hydrogens is 320 g/mol. The minimum atomic E-state index is -0.317. The van der Waals surface area contributed by atoms with Gasteiger partial charge in [-0.3, -0.25) is 4.79 Å². The third-order valence-corrected chi connectivity index (χ3v) is 3.38. The summed E-state index contributed by atoms with van der Waals surface area (Å²) in [5.74, 6) is 0.00892. The van der Waals surface area contributed by atoms with Crippen molar-refractivity contribution >= 4 is 28.5 Å². The molecule has 1 aromatic rings. The Morgan fingerprint density at radius 1 is 1.56 bits per heavy atom. The first-order valence-corrected chi connectivity index (χ1v) is 6.35. The fraction of sp³-hybridized carbons (Fsp3) is 0.417. The Labute approximate surface area is 109 Å². The van der Waals surface area contributed by atoms with Crippen molar-refractivity contribution in [1.29, 1.82) is 0 Å². The zero-order valence-electron chi connectivity index (χ0n) is 9.39. The van der Waals surface area contributed by atoms with Crippen molar-refractivity contribution < 1.29 is 9.18 Å². The first-order chi connectivity index (χ1) is 7.54. The Balaban J connectivity index is 2.66. The van der Waals surface area contributed by atoms with Gasteiger partial charge >= 0.3 is 0 Å². The van der Waals surface area contributed by atoms with E-state index in [0.717, 1.165) is 6.42 Å². The van der Waals surface area contributed by atoms with Gasteiger partial charge in [-0.15, -0.1) is 0 Å². The van der Waals surface area contributed by atoms with Gasteiger partial charge in [0.1, 0.15) is 5.82 Å². The predicted molar refractivity (Wildman–Crippen MR) is 70.9 cm³/mol. The summed E-state index contributed by atoms with van der Waals surface area (Å²) < 4.78 is 13.5. The second-order valence-corrected chi connectivity index (χ2v) is 5.01. The molecule has 1 N–H and O–H groups in total. The van der Waals surface area contributed by atoms with E-state index >= 15 is 0 Å². The van der Waals surface area contributed by atoms with Crippen LogP contribution < -0.4 is 5.32 Å². The zero-order chi connectivity index (χ0) is 12.1. The topological polar surface area (TPSA) is 29.1 Å². The number of benzene rings is 1. The lowest BCUT2D eigenvalue weighted by Crippen LogP contribution is -2.28. The molecule has 0 saturated carbocycles. The maximum Gasteiger partial charge on any atom is 0.252 e. The van der Waals surface area contributed by atoms with E-state index in [2.05, 4.69) is 19.2 Å². The van der Waals surface area contributed by atoms with Crippen LogP contribution in [0.25, 0.3) is 0 Å². The largest absolute Gasteiger partial charge is 0.352 e. The predicted octanol–water partition coefficient (Wildman–Crippen LogP) is 3.21. The van der Waals surface area contributed by atoms with E-state index in [1.165, 1.54) is 18.2 Å². The number of hydrogen-bond acceptors (Lipinski definition) is 1. The summed E-state index contributed by atoms with van der Waals surface area (Å²) in [4.78, 5) is 11.8. The number of hydrogen-bond donors (Lipinski definition) is 1. The second-order valence-electron chi connectivity index (χ2n) is 3.85. The summed E-state index contributed by atoms with van der Waals surface area (Å²) in [7, 11) is 0. The van der Waals surface area contributed by atoms with Gasteiger partial charge in [-0.25, -0.2) is 4.39 Å². The van der Waals surface area contributed by atoms with Gasteiger partial charge < -0.3 is 5.32 Å². The van der Waals surface area contributed by atoms with Gasteiger partial charge in [-0.05, 0) is 46.7 Å². The van der Waals surface area contributed by atoms with Crippen molar-refractivity contribution in [2.24, 2.45) is 5.92 Å². The highest BCUT2D eigenvalue weighted by Crippen LogP contribution is 2.13. The van der Waals surface area contributed by atoms with E-state index in [9.17, 15) is 9.18 Å². The Kier molecular flexibility index (Phi) is 5.18. The standard InChI is InChI=1S/C12H15FINO/c1-3-8(2)7-15-12(16)10-5-4-9(13)6-11(10)14/h4-6,8H,3,7H2,1-2H3,(H,15,16). The Hall–Kier alpha value is -0.650. The molecule has 0 aliphatic rings. The van der Waals surface area contributed by atoms with E-state index in [-0.39, 0.29) is 11.7 Å². The first-order valence-electron chi connectivity index (χ1n) is 5.27. The summed E-state index contributed by atoms with van der Waals surface area (Å²) in [6.07, 6.45) is 1.03. The van der Waals surface area contributed by atoms with Crippen LogP contribution in [0.15, 0.2) is 18.2 Å². The van der Waals surface area contributed by atoms with Crippen LogP contribution >= 0.6 is 22.6 Å². The van der Waals surface area contributed by atoms with E-state index in [1.807, 2.05) is 22.6 Å². The number of halogens is 2. The lowest BCUT2D eigenvalue weighted by molar-refractivity contribution is 0.0947. The van der Waals surface area contributed by atoms with Crippen molar-refractivity contribution in [1.82, 2.24) is 5.32 Å². The van der Waals surface area contributed by atoms with Crippen molar-refractivity contribution in [3.05, 3.63) is 33.1 Å². The third-order valence-electron chi connectivity index (χ3n) is 2.48. The van der Waals surface area contributed by atoms with Gasteiger partial charge in [0.05, 0.1) is 5.56 Å². The van der Waals surface area contributed by atoms with Crippen LogP contribution in [0.1, 0.15) is 30.6 Å². The van der Waals surface area contributed by atoms with Gasteiger partial charge in [0.15, 0.2) is 0 Å². The Morgan fingerprint density at radius 3 is 2.81 bits per heavy atom. The molecule has 0 radical (unpaired) electrons. The van der Waals surface area contributed by atoms with Crippen LogP contribution in [-0.2, 0) is 0 Å². The normalized spacial score (nSPS) is 12.2. The van der Waals surface area contributed by atoms with Crippen molar-refractivity contribution in [3.63, 3.8) is 0 Å². The summed E-state index contributed by atoms with van der Waals surface area (Å²) in [6.45, 7) is 4.82. The second kappa shape index (κ2) is 6.18. The van der Waals surface area contributed by atoms with Crippen LogP contribution in [0.2, 0.25) is 0 Å². The first kappa shape index (κ1) is 13.4. The van der Waals surface area contributed by atoms with Crippen molar-refractivity contribution in [2.75, 3.05) is 6.54 Å². The summed E-state index contributed by atoms with van der Waals surface area (Å²) in [5, 5.41) is 2.84. The van der Waals surface area contributed by atoms with Crippen molar-refractivity contribution in [2.45, 2.75) is 20.3 Å². The highest BCUT2D eigenvalue weighted by molar-refractivity contribution is 14.1. The third kappa shape index (κ3) is 3.73. The number of carbonyl (C=O) groups is 1. The molecule has 4 heteroatoms. The highest BCUT2D eigenvalue weighted by atomic mass is 127. The number of carbonyl (C=O) groups excluding carboxylic acids is 1. The molecule has 0 heterocycles. The molecule has 0 aromatic heterocycles. The molecule has 1 atom stereocenters. The number of rotatable bonds is 4. The summed E-state index contributed by atoms with van der Waals surface area (Å²) >= 11 is 1.97. The Morgan fingerprint density at radius 2 is 2.25 bits per heavy atom. The van der Waals surface area contributed by atoms with Gasteiger partial charge in [-0.1, -0.05) is 20.3 Å². The molecule has 0 aliphatic heterocycles. The molecular formula is C12H15FINO. The SMILES string of the molecule is CCC(C)CNC(=O)c1ccc(F)cc1I. The molecule has 0 aliphatic carbocycles. The molecule has 0 spiro atoms. The average Bonchev–Trinajstić information content (AvgIpc) is 2.25. The van der Waals surface area contributed by atoms with Crippen LogP contribution in [0, 0.1) is 15.3 Å². The minimum absolute atomic E-state index is 0.135. The molecule has 1 aromatic carbocycles. The van der Waals surface area contributed by atoms with Crippen LogP contribution in [0.4, 0.5) is 4.39 Å². The van der Waals surface area contributed by atoms with Gasteiger partial charge in [-0.2, -0.15) is 0 Å². The number of nitrogens with one attached hydrogen (secondary N) is 1. The molecule has 0 fully saturated rings. The lowest BCUT2D eigenvalue weighted by atomic mass is 10.1.